The summed E-state index contributed by atoms with van der Waals surface area (Å²) in [6.07, 6.45) is 1.64. The Morgan fingerprint density at radius 3 is 2.56 bits per heavy atom. The summed E-state index contributed by atoms with van der Waals surface area (Å²) < 4.78 is 25.0. The molecule has 4 nitrogen and oxygen atoms in total. The van der Waals surface area contributed by atoms with Crippen LogP contribution in [0.2, 0.25) is 0 Å². The van der Waals surface area contributed by atoms with E-state index in [1.807, 2.05) is 6.07 Å². The van der Waals surface area contributed by atoms with Crippen molar-refractivity contribution in [1.82, 2.24) is 10.9 Å². The van der Waals surface area contributed by atoms with Crippen LogP contribution in [0.15, 0.2) is 33.6 Å². The number of sulfone groups is 1. The van der Waals surface area contributed by atoms with Gasteiger partial charge in [-0.25, -0.2) is 8.42 Å². The zero-order valence-electron chi connectivity index (χ0n) is 10.0. The largest absolute Gasteiger partial charge is 0.258 e. The van der Waals surface area contributed by atoms with Gasteiger partial charge in [-0.3, -0.25) is 10.9 Å². The van der Waals surface area contributed by atoms with Crippen molar-refractivity contribution in [2.24, 2.45) is 5.92 Å². The van der Waals surface area contributed by atoms with Crippen LogP contribution >= 0.6 is 15.9 Å². The maximum atomic E-state index is 12.2. The van der Waals surface area contributed by atoms with Gasteiger partial charge in [0.05, 0.1) is 10.6 Å². The molecule has 2 N–H and O–H groups in total. The first-order chi connectivity index (χ1) is 8.59. The maximum Gasteiger partial charge on any atom is 0.179 e. The van der Waals surface area contributed by atoms with Crippen LogP contribution in [-0.2, 0) is 9.84 Å². The monoisotopic (exact) mass is 332 g/mol. The minimum absolute atomic E-state index is 0.214. The van der Waals surface area contributed by atoms with Gasteiger partial charge in [0.25, 0.3) is 0 Å². The zero-order valence-corrected chi connectivity index (χ0v) is 12.4. The molecule has 18 heavy (non-hydrogen) atoms. The molecular weight excluding hydrogens is 316 g/mol. The third kappa shape index (κ3) is 3.54. The van der Waals surface area contributed by atoms with E-state index >= 15 is 0 Å². The molecule has 1 aromatic carbocycles. The molecule has 0 bridgehead atoms. The van der Waals surface area contributed by atoms with Crippen LogP contribution < -0.4 is 10.9 Å². The molecule has 0 aliphatic carbocycles. The second-order valence-corrected chi connectivity index (χ2v) is 7.45. The summed E-state index contributed by atoms with van der Waals surface area (Å²) in [5, 5.41) is 0. The molecule has 0 atom stereocenters. The molecule has 0 radical (unpaired) electrons. The number of halogens is 1. The van der Waals surface area contributed by atoms with Gasteiger partial charge in [-0.05, 0) is 46.8 Å². The Morgan fingerprint density at radius 2 is 1.89 bits per heavy atom. The lowest BCUT2D eigenvalue weighted by Crippen LogP contribution is -2.21. The normalized spacial score (nSPS) is 17.2. The van der Waals surface area contributed by atoms with Crippen molar-refractivity contribution >= 4 is 25.8 Å². The molecule has 1 aliphatic rings. The first-order valence-corrected chi connectivity index (χ1v) is 8.47. The topological polar surface area (TPSA) is 58.2 Å². The molecular formula is C12H17BrN2O2S. The fourth-order valence-corrected chi connectivity index (χ4v) is 4.52. The molecule has 1 fully saturated rings. The van der Waals surface area contributed by atoms with E-state index in [2.05, 4.69) is 26.8 Å². The Hall–Kier alpha value is -0.430. The summed E-state index contributed by atoms with van der Waals surface area (Å²) in [5.74, 6) is 0.756. The van der Waals surface area contributed by atoms with Crippen molar-refractivity contribution in [2.75, 3.05) is 18.8 Å². The van der Waals surface area contributed by atoms with Crippen LogP contribution in [0.4, 0.5) is 0 Å². The standard InChI is InChI=1S/C12H17BrN2O2S/c13-11-5-1-2-6-12(11)18(16,17)7-3-4-10-8-14-15-9-10/h1-2,5-6,10,14-15H,3-4,7-9H2. The quantitative estimate of drug-likeness (QED) is 0.862. The second kappa shape index (κ2) is 6.14. The van der Waals surface area contributed by atoms with E-state index < -0.39 is 9.84 Å². The lowest BCUT2D eigenvalue weighted by molar-refractivity contribution is 0.539. The number of hydrazine groups is 1. The summed E-state index contributed by atoms with van der Waals surface area (Å²) in [5.41, 5.74) is 6.11. The van der Waals surface area contributed by atoms with Crippen molar-refractivity contribution in [1.29, 1.82) is 0 Å². The fourth-order valence-electron chi connectivity index (χ4n) is 2.08. The Morgan fingerprint density at radius 1 is 1.22 bits per heavy atom. The van der Waals surface area contributed by atoms with Crippen LogP contribution in [0, 0.1) is 5.92 Å². The molecule has 1 heterocycles. The van der Waals surface area contributed by atoms with Crippen molar-refractivity contribution in [3.8, 4) is 0 Å². The third-order valence-corrected chi connectivity index (χ3v) is 5.91. The van der Waals surface area contributed by atoms with Crippen molar-refractivity contribution in [2.45, 2.75) is 17.7 Å². The summed E-state index contributed by atoms with van der Waals surface area (Å²) in [7, 11) is -3.17. The van der Waals surface area contributed by atoms with Crippen LogP contribution in [0.5, 0.6) is 0 Å². The molecule has 6 heteroatoms. The Balaban J connectivity index is 1.93. The molecule has 1 aliphatic heterocycles. The van der Waals surface area contributed by atoms with Gasteiger partial charge in [0.15, 0.2) is 9.84 Å². The predicted molar refractivity (Wildman–Crippen MR) is 74.9 cm³/mol. The Labute approximate surface area is 116 Å². The number of benzene rings is 1. The van der Waals surface area contributed by atoms with Gasteiger partial charge < -0.3 is 0 Å². The molecule has 100 valence electrons. The van der Waals surface area contributed by atoms with Crippen molar-refractivity contribution < 1.29 is 8.42 Å². The van der Waals surface area contributed by atoms with E-state index in [-0.39, 0.29) is 5.75 Å². The number of rotatable bonds is 5. The highest BCUT2D eigenvalue weighted by Crippen LogP contribution is 2.23. The fraction of sp³-hybridized carbons (Fsp3) is 0.500. The van der Waals surface area contributed by atoms with E-state index in [9.17, 15) is 8.42 Å². The summed E-state index contributed by atoms with van der Waals surface area (Å²) in [6.45, 7) is 1.85. The minimum atomic E-state index is -3.17. The average molecular weight is 333 g/mol. The van der Waals surface area contributed by atoms with E-state index in [0.717, 1.165) is 19.5 Å². The van der Waals surface area contributed by atoms with Crippen LogP contribution in [0.25, 0.3) is 0 Å². The van der Waals surface area contributed by atoms with Crippen LogP contribution in [-0.4, -0.2) is 27.3 Å². The molecule has 2 rings (SSSR count). The Bertz CT molecular complexity index is 499. The molecule has 0 spiro atoms. The molecule has 1 saturated heterocycles. The highest BCUT2D eigenvalue weighted by molar-refractivity contribution is 9.10. The molecule has 0 aromatic heterocycles. The maximum absolute atomic E-state index is 12.2. The van der Waals surface area contributed by atoms with Gasteiger partial charge in [-0.1, -0.05) is 12.1 Å². The van der Waals surface area contributed by atoms with Crippen molar-refractivity contribution in [3.05, 3.63) is 28.7 Å². The number of hydrogen-bond donors (Lipinski definition) is 2. The van der Waals surface area contributed by atoms with E-state index in [4.69, 9.17) is 0 Å². The first-order valence-electron chi connectivity index (χ1n) is 6.02. The lowest BCUT2D eigenvalue weighted by Gasteiger charge is -2.09. The number of hydrogen-bond acceptors (Lipinski definition) is 4. The summed E-state index contributed by atoms with van der Waals surface area (Å²) in [4.78, 5) is 0.396. The SMILES string of the molecule is O=S(=O)(CCCC1CNNC1)c1ccccc1Br. The lowest BCUT2D eigenvalue weighted by atomic mass is 10.1. The molecule has 0 unspecified atom stereocenters. The first kappa shape index (κ1) is 14.0. The highest BCUT2D eigenvalue weighted by atomic mass is 79.9. The van der Waals surface area contributed by atoms with Crippen LogP contribution in [0.3, 0.4) is 0 Å². The van der Waals surface area contributed by atoms with Gasteiger partial charge in [-0.2, -0.15) is 0 Å². The Kier molecular flexibility index (Phi) is 4.77. The average Bonchev–Trinajstić information content (AvgIpc) is 2.82. The molecule has 0 saturated carbocycles. The molecule has 1 aromatic rings. The highest BCUT2D eigenvalue weighted by Gasteiger charge is 2.19. The van der Waals surface area contributed by atoms with Gasteiger partial charge >= 0.3 is 0 Å². The summed E-state index contributed by atoms with van der Waals surface area (Å²) >= 11 is 3.29. The smallest absolute Gasteiger partial charge is 0.179 e. The third-order valence-electron chi connectivity index (χ3n) is 3.10. The van der Waals surface area contributed by atoms with Crippen molar-refractivity contribution in [3.63, 3.8) is 0 Å². The van der Waals surface area contributed by atoms with Gasteiger partial charge in [0.2, 0.25) is 0 Å². The van der Waals surface area contributed by atoms with Gasteiger partial charge in [0, 0.05) is 17.6 Å². The van der Waals surface area contributed by atoms with Gasteiger partial charge in [0.1, 0.15) is 0 Å². The van der Waals surface area contributed by atoms with E-state index in [0.29, 0.717) is 21.7 Å². The second-order valence-electron chi connectivity index (χ2n) is 4.52. The minimum Gasteiger partial charge on any atom is -0.258 e. The predicted octanol–water partition coefficient (Wildman–Crippen LogP) is 1.73. The molecule has 0 amide bonds. The summed E-state index contributed by atoms with van der Waals surface area (Å²) in [6, 6.07) is 6.98. The van der Waals surface area contributed by atoms with Gasteiger partial charge in [-0.15, -0.1) is 0 Å². The number of nitrogens with one attached hydrogen (secondary N) is 2. The van der Waals surface area contributed by atoms with E-state index in [1.165, 1.54) is 0 Å². The van der Waals surface area contributed by atoms with E-state index in [1.54, 1.807) is 18.2 Å². The van der Waals surface area contributed by atoms with Crippen LogP contribution in [0.1, 0.15) is 12.8 Å². The zero-order chi connectivity index (χ0) is 13.0.